The van der Waals surface area contributed by atoms with Crippen LogP contribution in [0, 0.1) is 5.82 Å². The van der Waals surface area contributed by atoms with E-state index in [0.717, 1.165) is 36.0 Å². The first-order valence-corrected chi connectivity index (χ1v) is 8.58. The summed E-state index contributed by atoms with van der Waals surface area (Å²) in [5.74, 6) is -0.244. The molecule has 0 heterocycles. The molecule has 0 aliphatic heterocycles. The molecule has 0 atom stereocenters. The first-order chi connectivity index (χ1) is 12.1. The molecular weight excluding hydrogens is 319 g/mol. The van der Waals surface area contributed by atoms with Crippen LogP contribution >= 0.6 is 0 Å². The van der Waals surface area contributed by atoms with Gasteiger partial charge in [0.1, 0.15) is 5.82 Å². The van der Waals surface area contributed by atoms with Crippen LogP contribution in [0.2, 0.25) is 0 Å². The van der Waals surface area contributed by atoms with E-state index in [1.807, 2.05) is 36.4 Å². The largest absolute Gasteiger partial charge is 0.392 e. The summed E-state index contributed by atoms with van der Waals surface area (Å²) in [6.07, 6.45) is 3.10. The zero-order valence-electron chi connectivity index (χ0n) is 14.1. The monoisotopic (exact) mass is 342 g/mol. The van der Waals surface area contributed by atoms with Crippen molar-refractivity contribution in [2.75, 3.05) is 6.54 Å². The Labute approximate surface area is 147 Å². The maximum Gasteiger partial charge on any atom is 0.315 e. The second-order valence-electron chi connectivity index (χ2n) is 6.60. The SMILES string of the molecule is O=C(NCc1ccccc1CO)NCC1(c2ccc(F)cc2)CCC1. The number of aliphatic hydroxyl groups excluding tert-OH is 1. The standard InChI is InChI=1S/C20H23FN2O2/c21-18-8-6-17(7-9-18)20(10-3-11-20)14-23-19(25)22-12-15-4-1-2-5-16(15)13-24/h1-2,4-9,24H,3,10-14H2,(H2,22,23,25). The summed E-state index contributed by atoms with van der Waals surface area (Å²) in [6, 6.07) is 13.8. The van der Waals surface area contributed by atoms with Gasteiger partial charge in [0.05, 0.1) is 6.61 Å². The molecule has 25 heavy (non-hydrogen) atoms. The van der Waals surface area contributed by atoms with Crippen LogP contribution in [0.3, 0.4) is 0 Å². The predicted octanol–water partition coefficient (Wildman–Crippen LogP) is 3.24. The lowest BCUT2D eigenvalue weighted by molar-refractivity contribution is 0.214. The average molecular weight is 342 g/mol. The fourth-order valence-corrected chi connectivity index (χ4v) is 3.35. The van der Waals surface area contributed by atoms with Gasteiger partial charge in [-0.05, 0) is 41.7 Å². The maximum absolute atomic E-state index is 13.1. The smallest absolute Gasteiger partial charge is 0.315 e. The number of aliphatic hydroxyl groups is 1. The summed E-state index contributed by atoms with van der Waals surface area (Å²) >= 11 is 0. The number of amides is 2. The van der Waals surface area contributed by atoms with E-state index in [2.05, 4.69) is 10.6 Å². The van der Waals surface area contributed by atoms with E-state index in [-0.39, 0.29) is 23.9 Å². The lowest BCUT2D eigenvalue weighted by atomic mass is 9.64. The van der Waals surface area contributed by atoms with Crippen molar-refractivity contribution in [3.8, 4) is 0 Å². The number of hydrogen-bond donors (Lipinski definition) is 3. The number of hydrogen-bond acceptors (Lipinski definition) is 2. The highest BCUT2D eigenvalue weighted by Crippen LogP contribution is 2.43. The van der Waals surface area contributed by atoms with Crippen LogP contribution in [0.5, 0.6) is 0 Å². The van der Waals surface area contributed by atoms with Crippen LogP contribution in [0.4, 0.5) is 9.18 Å². The van der Waals surface area contributed by atoms with Crippen LogP contribution in [0.1, 0.15) is 36.0 Å². The summed E-state index contributed by atoms with van der Waals surface area (Å²) in [5.41, 5.74) is 2.70. The Balaban J connectivity index is 1.55. The Bertz CT molecular complexity index is 727. The van der Waals surface area contributed by atoms with Gasteiger partial charge in [-0.25, -0.2) is 9.18 Å². The Morgan fingerprint density at radius 3 is 2.32 bits per heavy atom. The Morgan fingerprint density at radius 2 is 1.72 bits per heavy atom. The van der Waals surface area contributed by atoms with Crippen molar-refractivity contribution in [3.63, 3.8) is 0 Å². The van der Waals surface area contributed by atoms with Crippen LogP contribution in [-0.2, 0) is 18.6 Å². The van der Waals surface area contributed by atoms with Gasteiger partial charge in [-0.1, -0.05) is 42.8 Å². The highest BCUT2D eigenvalue weighted by Gasteiger charge is 2.38. The van der Waals surface area contributed by atoms with E-state index in [0.29, 0.717) is 13.1 Å². The number of halogens is 1. The molecule has 132 valence electrons. The van der Waals surface area contributed by atoms with Crippen molar-refractivity contribution < 1.29 is 14.3 Å². The van der Waals surface area contributed by atoms with Gasteiger partial charge in [-0.15, -0.1) is 0 Å². The summed E-state index contributed by atoms with van der Waals surface area (Å²) in [7, 11) is 0. The molecule has 0 bridgehead atoms. The van der Waals surface area contributed by atoms with Gasteiger partial charge in [-0.3, -0.25) is 0 Å². The first-order valence-electron chi connectivity index (χ1n) is 8.58. The summed E-state index contributed by atoms with van der Waals surface area (Å²) < 4.78 is 13.1. The fourth-order valence-electron chi connectivity index (χ4n) is 3.35. The van der Waals surface area contributed by atoms with Crippen LogP contribution in [0.25, 0.3) is 0 Å². The minimum atomic E-state index is -0.244. The van der Waals surface area contributed by atoms with Gasteiger partial charge in [0.15, 0.2) is 0 Å². The minimum Gasteiger partial charge on any atom is -0.392 e. The molecule has 2 amide bonds. The molecular formula is C20H23FN2O2. The summed E-state index contributed by atoms with van der Waals surface area (Å²) in [4.78, 5) is 12.1. The third-order valence-electron chi connectivity index (χ3n) is 5.08. The molecule has 2 aromatic carbocycles. The van der Waals surface area contributed by atoms with Crippen molar-refractivity contribution in [1.29, 1.82) is 0 Å². The molecule has 1 aliphatic carbocycles. The van der Waals surface area contributed by atoms with E-state index in [1.54, 1.807) is 0 Å². The van der Waals surface area contributed by atoms with Crippen molar-refractivity contribution in [3.05, 3.63) is 71.0 Å². The van der Waals surface area contributed by atoms with Gasteiger partial charge in [0.2, 0.25) is 0 Å². The van der Waals surface area contributed by atoms with Gasteiger partial charge in [-0.2, -0.15) is 0 Å². The third kappa shape index (κ3) is 3.99. The van der Waals surface area contributed by atoms with E-state index in [9.17, 15) is 14.3 Å². The van der Waals surface area contributed by atoms with Gasteiger partial charge < -0.3 is 15.7 Å². The molecule has 3 rings (SSSR count). The normalized spacial score (nSPS) is 15.3. The van der Waals surface area contributed by atoms with Crippen molar-refractivity contribution in [2.45, 2.75) is 37.8 Å². The number of carbonyl (C=O) groups is 1. The second-order valence-corrected chi connectivity index (χ2v) is 6.60. The maximum atomic E-state index is 13.1. The second kappa shape index (κ2) is 7.66. The fraction of sp³-hybridized carbons (Fsp3) is 0.350. The number of nitrogens with one attached hydrogen (secondary N) is 2. The lowest BCUT2D eigenvalue weighted by Gasteiger charge is -2.42. The average Bonchev–Trinajstić information content (AvgIpc) is 2.60. The molecule has 0 spiro atoms. The summed E-state index contributed by atoms with van der Waals surface area (Å²) in [6.45, 7) is 0.853. The molecule has 1 saturated carbocycles. The predicted molar refractivity (Wildman–Crippen MR) is 94.5 cm³/mol. The Hall–Kier alpha value is -2.40. The number of rotatable bonds is 6. The Morgan fingerprint density at radius 1 is 1.04 bits per heavy atom. The number of carbonyl (C=O) groups excluding carboxylic acids is 1. The van der Waals surface area contributed by atoms with Gasteiger partial charge in [0, 0.05) is 18.5 Å². The first kappa shape index (κ1) is 17.4. The van der Waals surface area contributed by atoms with Crippen LogP contribution in [0.15, 0.2) is 48.5 Å². The lowest BCUT2D eigenvalue weighted by Crippen LogP contribution is -2.48. The highest BCUT2D eigenvalue weighted by atomic mass is 19.1. The van der Waals surface area contributed by atoms with E-state index >= 15 is 0 Å². The Kier molecular flexibility index (Phi) is 5.34. The molecule has 0 saturated heterocycles. The van der Waals surface area contributed by atoms with Crippen molar-refractivity contribution >= 4 is 6.03 Å². The molecule has 0 unspecified atom stereocenters. The topological polar surface area (TPSA) is 61.4 Å². The van der Waals surface area contributed by atoms with E-state index in [4.69, 9.17) is 0 Å². The minimum absolute atomic E-state index is 0.0485. The van der Waals surface area contributed by atoms with Crippen molar-refractivity contribution in [1.82, 2.24) is 10.6 Å². The van der Waals surface area contributed by atoms with E-state index in [1.165, 1.54) is 12.1 Å². The van der Waals surface area contributed by atoms with Crippen LogP contribution in [-0.4, -0.2) is 17.7 Å². The molecule has 0 radical (unpaired) electrons. The zero-order valence-corrected chi connectivity index (χ0v) is 14.1. The third-order valence-corrected chi connectivity index (χ3v) is 5.08. The molecule has 4 nitrogen and oxygen atoms in total. The van der Waals surface area contributed by atoms with Crippen LogP contribution < -0.4 is 10.6 Å². The van der Waals surface area contributed by atoms with Gasteiger partial charge >= 0.3 is 6.03 Å². The molecule has 2 aromatic rings. The molecule has 0 aromatic heterocycles. The summed E-state index contributed by atoms with van der Waals surface area (Å²) in [5, 5.41) is 15.1. The molecule has 1 fully saturated rings. The van der Waals surface area contributed by atoms with Gasteiger partial charge in [0.25, 0.3) is 0 Å². The zero-order chi connectivity index (χ0) is 17.7. The number of benzene rings is 2. The van der Waals surface area contributed by atoms with Crippen molar-refractivity contribution in [2.24, 2.45) is 0 Å². The van der Waals surface area contributed by atoms with E-state index < -0.39 is 0 Å². The number of urea groups is 1. The molecule has 5 heteroatoms. The molecule has 1 aliphatic rings. The molecule has 3 N–H and O–H groups in total. The quantitative estimate of drug-likeness (QED) is 0.755. The highest BCUT2D eigenvalue weighted by molar-refractivity contribution is 5.74.